The van der Waals surface area contributed by atoms with Gasteiger partial charge < -0.3 is 9.88 Å². The summed E-state index contributed by atoms with van der Waals surface area (Å²) in [7, 11) is -3.59. The van der Waals surface area contributed by atoms with Gasteiger partial charge in [0.05, 0.1) is 10.6 Å². The van der Waals surface area contributed by atoms with Gasteiger partial charge in [-0.25, -0.2) is 8.42 Å². The number of nitrogens with one attached hydrogen (secondary N) is 1. The van der Waals surface area contributed by atoms with Crippen molar-refractivity contribution in [2.24, 2.45) is 0 Å². The molecule has 1 N–H and O–H groups in total. The summed E-state index contributed by atoms with van der Waals surface area (Å²) in [5.74, 6) is -0.249. The van der Waals surface area contributed by atoms with E-state index in [0.29, 0.717) is 11.9 Å². The van der Waals surface area contributed by atoms with Crippen LogP contribution in [0.3, 0.4) is 0 Å². The van der Waals surface area contributed by atoms with Gasteiger partial charge >= 0.3 is 0 Å². The van der Waals surface area contributed by atoms with Crippen LogP contribution in [0.15, 0.2) is 90.0 Å². The monoisotopic (exact) mass is 432 g/mol. The van der Waals surface area contributed by atoms with Crippen molar-refractivity contribution in [3.05, 3.63) is 102 Å². The molecule has 6 heteroatoms. The summed E-state index contributed by atoms with van der Waals surface area (Å²) in [5.41, 5.74) is 3.45. The first kappa shape index (κ1) is 20.9. The Hall–Kier alpha value is -3.38. The van der Waals surface area contributed by atoms with Gasteiger partial charge in [0, 0.05) is 23.6 Å². The van der Waals surface area contributed by atoms with Crippen molar-refractivity contribution in [2.45, 2.75) is 30.7 Å². The van der Waals surface area contributed by atoms with Crippen molar-refractivity contribution >= 4 is 26.6 Å². The number of fused-ring (bicyclic) bond motifs is 1. The van der Waals surface area contributed by atoms with Gasteiger partial charge in [0.15, 0.2) is 9.84 Å². The minimum Gasteiger partial charge on any atom is -0.350 e. The van der Waals surface area contributed by atoms with E-state index in [-0.39, 0.29) is 23.1 Å². The van der Waals surface area contributed by atoms with E-state index in [1.165, 1.54) is 0 Å². The van der Waals surface area contributed by atoms with Crippen molar-refractivity contribution < 1.29 is 13.2 Å². The Morgan fingerprint density at radius 2 is 1.58 bits per heavy atom. The van der Waals surface area contributed by atoms with Gasteiger partial charge in [-0.15, -0.1) is 0 Å². The summed E-state index contributed by atoms with van der Waals surface area (Å²) < 4.78 is 28.2. The molecule has 0 aliphatic rings. The second-order valence-electron chi connectivity index (χ2n) is 7.59. The molecule has 0 bridgehead atoms. The Balaban J connectivity index is 1.60. The topological polar surface area (TPSA) is 68.2 Å². The summed E-state index contributed by atoms with van der Waals surface area (Å²) in [6.45, 7) is 2.38. The fraction of sp³-hybridized carbons (Fsp3) is 0.160. The zero-order valence-corrected chi connectivity index (χ0v) is 18.1. The first-order chi connectivity index (χ1) is 14.9. The molecule has 3 aromatic carbocycles. The van der Waals surface area contributed by atoms with E-state index in [0.717, 1.165) is 22.2 Å². The summed E-state index contributed by atoms with van der Waals surface area (Å²) in [4.78, 5) is 12.8. The minimum atomic E-state index is -3.59. The van der Waals surface area contributed by atoms with Crippen LogP contribution in [0, 0.1) is 6.92 Å². The predicted molar refractivity (Wildman–Crippen MR) is 122 cm³/mol. The van der Waals surface area contributed by atoms with Gasteiger partial charge in [-0.3, -0.25) is 4.79 Å². The molecule has 1 heterocycles. The lowest BCUT2D eigenvalue weighted by molar-refractivity contribution is -0.121. The van der Waals surface area contributed by atoms with Crippen LogP contribution in [-0.2, 0) is 33.5 Å². The molecule has 4 aromatic rings. The van der Waals surface area contributed by atoms with Gasteiger partial charge in [-0.05, 0) is 29.7 Å². The quantitative estimate of drug-likeness (QED) is 0.475. The van der Waals surface area contributed by atoms with Gasteiger partial charge in [0.2, 0.25) is 5.91 Å². The van der Waals surface area contributed by atoms with E-state index in [1.807, 2.05) is 79.7 Å². The average Bonchev–Trinajstić information content (AvgIpc) is 3.14. The van der Waals surface area contributed by atoms with E-state index in [9.17, 15) is 13.2 Å². The number of hydrogen-bond acceptors (Lipinski definition) is 3. The number of sulfone groups is 1. The summed E-state index contributed by atoms with van der Waals surface area (Å²) >= 11 is 0. The molecule has 0 aliphatic carbocycles. The molecule has 0 saturated heterocycles. The smallest absolute Gasteiger partial charge is 0.240 e. The molecule has 0 radical (unpaired) electrons. The molecule has 1 aromatic heterocycles. The van der Waals surface area contributed by atoms with Crippen molar-refractivity contribution in [1.29, 1.82) is 0 Å². The van der Waals surface area contributed by atoms with Crippen LogP contribution in [-0.4, -0.2) is 18.9 Å². The van der Waals surface area contributed by atoms with Crippen LogP contribution in [0.2, 0.25) is 0 Å². The summed E-state index contributed by atoms with van der Waals surface area (Å²) in [5, 5.41) is 3.53. The SMILES string of the molecule is Cc1ccccc1CS(=O)(=O)c1cn(CC(=O)NCc2ccccc2)c2ccccc12. The largest absolute Gasteiger partial charge is 0.350 e. The predicted octanol–water partition coefficient (Wildman–Crippen LogP) is 4.24. The van der Waals surface area contributed by atoms with Crippen LogP contribution >= 0.6 is 0 Å². The first-order valence-electron chi connectivity index (χ1n) is 10.1. The van der Waals surface area contributed by atoms with E-state index >= 15 is 0 Å². The summed E-state index contributed by atoms with van der Waals surface area (Å²) in [6, 6.07) is 24.4. The molecule has 0 saturated carbocycles. The average molecular weight is 433 g/mol. The molecular weight excluding hydrogens is 408 g/mol. The second kappa shape index (κ2) is 8.78. The maximum atomic E-state index is 13.3. The Kier molecular flexibility index (Phi) is 5.91. The molecule has 1 amide bonds. The molecule has 0 aliphatic heterocycles. The van der Waals surface area contributed by atoms with Crippen LogP contribution in [0.1, 0.15) is 16.7 Å². The minimum absolute atomic E-state index is 0.0488. The summed E-state index contributed by atoms with van der Waals surface area (Å²) in [6.07, 6.45) is 1.58. The first-order valence-corrected chi connectivity index (χ1v) is 11.7. The van der Waals surface area contributed by atoms with Gasteiger partial charge in [-0.1, -0.05) is 72.8 Å². The molecule has 158 valence electrons. The lowest BCUT2D eigenvalue weighted by Gasteiger charge is -2.07. The zero-order chi connectivity index (χ0) is 21.8. The third kappa shape index (κ3) is 4.70. The van der Waals surface area contributed by atoms with Gasteiger partial charge in [0.25, 0.3) is 0 Å². The highest BCUT2D eigenvalue weighted by atomic mass is 32.2. The number of para-hydroxylation sites is 1. The molecule has 0 unspecified atom stereocenters. The number of rotatable bonds is 7. The molecule has 4 rings (SSSR count). The Labute approximate surface area is 182 Å². The van der Waals surface area contributed by atoms with E-state index in [1.54, 1.807) is 16.8 Å². The van der Waals surface area contributed by atoms with Crippen LogP contribution in [0.5, 0.6) is 0 Å². The Bertz CT molecular complexity index is 1330. The van der Waals surface area contributed by atoms with Crippen LogP contribution < -0.4 is 5.32 Å². The van der Waals surface area contributed by atoms with E-state index in [4.69, 9.17) is 0 Å². The van der Waals surface area contributed by atoms with Crippen molar-refractivity contribution in [2.75, 3.05) is 0 Å². The molecular formula is C25H24N2O3S. The number of aromatic nitrogens is 1. The standard InChI is InChI=1S/C25H24N2O3S/c1-19-9-5-6-12-21(19)18-31(29,30)24-16-27(23-14-8-7-13-22(23)24)17-25(28)26-15-20-10-3-2-4-11-20/h2-14,16H,15,17-18H2,1H3,(H,26,28). The normalized spacial score (nSPS) is 11.5. The third-order valence-electron chi connectivity index (χ3n) is 5.34. The lowest BCUT2D eigenvalue weighted by Crippen LogP contribution is -2.26. The third-order valence-corrected chi connectivity index (χ3v) is 7.03. The molecule has 0 fully saturated rings. The highest BCUT2D eigenvalue weighted by Crippen LogP contribution is 2.28. The highest BCUT2D eigenvalue weighted by Gasteiger charge is 2.23. The Morgan fingerprint density at radius 1 is 0.903 bits per heavy atom. The van der Waals surface area contributed by atoms with Crippen molar-refractivity contribution in [3.8, 4) is 0 Å². The molecule has 0 spiro atoms. The number of aryl methyl sites for hydroxylation is 1. The van der Waals surface area contributed by atoms with E-state index in [2.05, 4.69) is 5.32 Å². The zero-order valence-electron chi connectivity index (χ0n) is 17.3. The highest BCUT2D eigenvalue weighted by molar-refractivity contribution is 7.90. The molecule has 5 nitrogen and oxygen atoms in total. The lowest BCUT2D eigenvalue weighted by atomic mass is 10.1. The number of hydrogen-bond donors (Lipinski definition) is 1. The second-order valence-corrected chi connectivity index (χ2v) is 9.54. The van der Waals surface area contributed by atoms with Crippen molar-refractivity contribution in [3.63, 3.8) is 0 Å². The van der Waals surface area contributed by atoms with Gasteiger partial charge in [0.1, 0.15) is 6.54 Å². The number of carbonyl (C=O) groups is 1. The molecule has 31 heavy (non-hydrogen) atoms. The fourth-order valence-corrected chi connectivity index (χ4v) is 5.34. The Morgan fingerprint density at radius 3 is 2.35 bits per heavy atom. The van der Waals surface area contributed by atoms with Gasteiger partial charge in [-0.2, -0.15) is 0 Å². The fourth-order valence-electron chi connectivity index (χ4n) is 3.65. The van der Waals surface area contributed by atoms with Crippen molar-refractivity contribution in [1.82, 2.24) is 9.88 Å². The maximum absolute atomic E-state index is 13.3. The maximum Gasteiger partial charge on any atom is 0.240 e. The number of carbonyl (C=O) groups excluding carboxylic acids is 1. The van der Waals surface area contributed by atoms with Crippen LogP contribution in [0.25, 0.3) is 10.9 Å². The molecule has 0 atom stereocenters. The number of benzene rings is 3. The number of amides is 1. The van der Waals surface area contributed by atoms with E-state index < -0.39 is 9.84 Å². The number of nitrogens with zero attached hydrogens (tertiary/aromatic N) is 1. The van der Waals surface area contributed by atoms with Crippen LogP contribution in [0.4, 0.5) is 0 Å².